The van der Waals surface area contributed by atoms with Crippen LogP contribution in [0.5, 0.6) is 0 Å². The van der Waals surface area contributed by atoms with Gasteiger partial charge in [0.25, 0.3) is 17.7 Å². The first-order valence-electron chi connectivity index (χ1n) is 13.5. The van der Waals surface area contributed by atoms with Crippen molar-refractivity contribution in [2.24, 2.45) is 0 Å². The Morgan fingerprint density at radius 1 is 0.829 bits per heavy atom. The zero-order valence-electron chi connectivity index (χ0n) is 22.3. The number of hydrogen-bond donors (Lipinski definition) is 0. The fraction of sp³-hybridized carbons (Fsp3) is 0.345. The molecule has 0 N–H and O–H groups in total. The summed E-state index contributed by atoms with van der Waals surface area (Å²) >= 11 is 0. The normalized spacial score (nSPS) is 18.8. The second-order valence-corrected chi connectivity index (χ2v) is 12.2. The van der Waals surface area contributed by atoms with Crippen molar-refractivity contribution in [1.82, 2.24) is 19.0 Å². The summed E-state index contributed by atoms with van der Waals surface area (Å²) in [6, 6.07) is 14.3. The fourth-order valence-electron chi connectivity index (χ4n) is 5.64. The molecule has 3 aromatic rings. The number of halogens is 1. The number of imide groups is 1. The summed E-state index contributed by atoms with van der Waals surface area (Å²) < 4.78 is 47.0. The molecule has 3 amide bonds. The molecule has 0 aromatic heterocycles. The van der Waals surface area contributed by atoms with E-state index in [0.29, 0.717) is 49.2 Å². The van der Waals surface area contributed by atoms with Gasteiger partial charge in [-0.3, -0.25) is 24.2 Å². The molecule has 2 saturated heterocycles. The summed E-state index contributed by atoms with van der Waals surface area (Å²) in [7, 11) is -4.11. The van der Waals surface area contributed by atoms with Crippen LogP contribution in [-0.4, -0.2) is 111 Å². The van der Waals surface area contributed by atoms with E-state index < -0.39 is 20.7 Å². The second-order valence-electron chi connectivity index (χ2n) is 10.3. The first kappa shape index (κ1) is 27.5. The third-order valence-corrected chi connectivity index (χ3v) is 9.83. The van der Waals surface area contributed by atoms with Gasteiger partial charge in [0.1, 0.15) is 10.7 Å². The number of benzene rings is 3. The first-order valence-corrected chi connectivity index (χ1v) is 15.0. The Morgan fingerprint density at radius 2 is 1.46 bits per heavy atom. The fourth-order valence-corrected chi connectivity index (χ4v) is 7.14. The van der Waals surface area contributed by atoms with E-state index >= 15 is 0 Å². The van der Waals surface area contributed by atoms with Crippen molar-refractivity contribution in [2.45, 2.75) is 4.90 Å². The lowest BCUT2D eigenvalue weighted by atomic mass is 9.94. The quantitative estimate of drug-likeness (QED) is 0.411. The van der Waals surface area contributed by atoms with Crippen LogP contribution < -0.4 is 0 Å². The molecule has 0 saturated carbocycles. The lowest BCUT2D eigenvalue weighted by molar-refractivity contribution is 0.0550. The van der Waals surface area contributed by atoms with Gasteiger partial charge in [0.2, 0.25) is 10.0 Å². The van der Waals surface area contributed by atoms with E-state index in [1.165, 1.54) is 15.3 Å². The van der Waals surface area contributed by atoms with Gasteiger partial charge in [-0.05, 0) is 35.7 Å². The maximum Gasteiger partial charge on any atom is 0.261 e. The van der Waals surface area contributed by atoms with E-state index in [2.05, 4.69) is 4.90 Å². The number of nitrogens with zero attached hydrogens (tertiary/aromatic N) is 4. The van der Waals surface area contributed by atoms with Gasteiger partial charge < -0.3 is 9.64 Å². The predicted molar refractivity (Wildman–Crippen MR) is 148 cm³/mol. The molecule has 0 spiro atoms. The summed E-state index contributed by atoms with van der Waals surface area (Å²) in [6.45, 7) is 3.13. The number of amides is 3. The number of morpholine rings is 1. The number of ether oxygens (including phenoxy) is 1. The highest BCUT2D eigenvalue weighted by Gasteiger charge is 2.34. The number of rotatable bonds is 6. The summed E-state index contributed by atoms with van der Waals surface area (Å²) in [5.74, 6) is -1.91. The zero-order chi connectivity index (χ0) is 28.7. The minimum atomic E-state index is -4.11. The largest absolute Gasteiger partial charge is 0.379 e. The van der Waals surface area contributed by atoms with Crippen molar-refractivity contribution in [3.8, 4) is 0 Å². The molecule has 0 unspecified atom stereocenters. The van der Waals surface area contributed by atoms with Crippen LogP contribution in [0.25, 0.3) is 10.8 Å². The van der Waals surface area contributed by atoms with Gasteiger partial charge in [0.15, 0.2) is 0 Å². The molecule has 3 aliphatic heterocycles. The van der Waals surface area contributed by atoms with Crippen LogP contribution in [0, 0.1) is 5.82 Å². The molecule has 3 heterocycles. The first-order chi connectivity index (χ1) is 19.8. The maximum absolute atomic E-state index is 14.6. The van der Waals surface area contributed by atoms with Gasteiger partial charge in [-0.15, -0.1) is 0 Å². The molecular weight excluding hydrogens is 551 g/mol. The van der Waals surface area contributed by atoms with Crippen LogP contribution in [0.3, 0.4) is 0 Å². The van der Waals surface area contributed by atoms with E-state index in [1.807, 2.05) is 24.3 Å². The molecule has 12 heteroatoms. The molecular formula is C29H29FN4O6S. The zero-order valence-corrected chi connectivity index (χ0v) is 23.1. The van der Waals surface area contributed by atoms with E-state index in [9.17, 15) is 27.2 Å². The third-order valence-electron chi connectivity index (χ3n) is 7.92. The van der Waals surface area contributed by atoms with E-state index in [4.69, 9.17) is 4.74 Å². The molecule has 214 valence electrons. The Labute approximate surface area is 236 Å². The minimum Gasteiger partial charge on any atom is -0.379 e. The number of carbonyl (C=O) groups is 3. The Hall–Kier alpha value is -3.71. The van der Waals surface area contributed by atoms with Crippen molar-refractivity contribution in [2.75, 3.05) is 65.6 Å². The topological polar surface area (TPSA) is 108 Å². The number of piperazine rings is 1. The Morgan fingerprint density at radius 3 is 2.10 bits per heavy atom. The standard InChI is InChI=1S/C29H29FN4O6S/c30-24-8-7-21(19-25(24)41(38,39)33-15-17-40-18-16-33)27(35)32-12-9-31(10-13-32)11-14-34-28(36)22-5-1-3-20-4-2-6-23(26(20)22)29(34)37/h1-8,19H,9-18H2. The average Bonchev–Trinajstić information content (AvgIpc) is 3.00. The SMILES string of the molecule is O=C(c1ccc(F)c(S(=O)(=O)N2CCOCC2)c1)N1CCN(CCN2C(=O)c3cccc4cccc(c34)C2=O)CC1. The average molecular weight is 581 g/mol. The molecule has 2 fully saturated rings. The van der Waals surface area contributed by atoms with Gasteiger partial charge in [0, 0.05) is 74.4 Å². The molecule has 0 aliphatic carbocycles. The highest BCUT2D eigenvalue weighted by atomic mass is 32.2. The predicted octanol–water partition coefficient (Wildman–Crippen LogP) is 2.05. The van der Waals surface area contributed by atoms with Gasteiger partial charge in [-0.2, -0.15) is 4.31 Å². The lowest BCUT2D eigenvalue weighted by Gasteiger charge is -2.36. The third kappa shape index (κ3) is 5.01. The smallest absolute Gasteiger partial charge is 0.261 e. The van der Waals surface area contributed by atoms with Crippen molar-refractivity contribution in [3.05, 3.63) is 77.1 Å². The van der Waals surface area contributed by atoms with E-state index in [0.717, 1.165) is 17.5 Å². The van der Waals surface area contributed by atoms with E-state index in [1.54, 1.807) is 17.0 Å². The molecule has 0 radical (unpaired) electrons. The number of sulfonamides is 1. The van der Waals surface area contributed by atoms with Crippen LogP contribution in [-0.2, 0) is 14.8 Å². The van der Waals surface area contributed by atoms with Crippen LogP contribution >= 0.6 is 0 Å². The molecule has 0 atom stereocenters. The maximum atomic E-state index is 14.6. The molecule has 41 heavy (non-hydrogen) atoms. The van der Waals surface area contributed by atoms with Gasteiger partial charge in [-0.25, -0.2) is 12.8 Å². The summed E-state index contributed by atoms with van der Waals surface area (Å²) in [5, 5.41) is 1.55. The minimum absolute atomic E-state index is 0.101. The van der Waals surface area contributed by atoms with Gasteiger partial charge >= 0.3 is 0 Å². The summed E-state index contributed by atoms with van der Waals surface area (Å²) in [6.07, 6.45) is 0. The molecule has 3 aliphatic rings. The van der Waals surface area contributed by atoms with Crippen molar-refractivity contribution in [3.63, 3.8) is 0 Å². The Bertz CT molecular complexity index is 1600. The molecule has 3 aromatic carbocycles. The molecule has 10 nitrogen and oxygen atoms in total. The number of hydrogen-bond acceptors (Lipinski definition) is 7. The molecule has 6 rings (SSSR count). The van der Waals surface area contributed by atoms with Crippen molar-refractivity contribution in [1.29, 1.82) is 0 Å². The Balaban J connectivity index is 1.09. The van der Waals surface area contributed by atoms with Crippen LogP contribution in [0.2, 0.25) is 0 Å². The van der Waals surface area contributed by atoms with Crippen LogP contribution in [0.15, 0.2) is 59.5 Å². The summed E-state index contributed by atoms with van der Waals surface area (Å²) in [5.41, 5.74) is 1.13. The molecule has 0 bridgehead atoms. The highest BCUT2D eigenvalue weighted by Crippen LogP contribution is 2.30. The highest BCUT2D eigenvalue weighted by molar-refractivity contribution is 7.89. The lowest BCUT2D eigenvalue weighted by Crippen LogP contribution is -2.51. The van der Waals surface area contributed by atoms with Crippen LogP contribution in [0.4, 0.5) is 4.39 Å². The Kier molecular flexibility index (Phi) is 7.32. The van der Waals surface area contributed by atoms with E-state index in [-0.39, 0.29) is 56.1 Å². The monoisotopic (exact) mass is 580 g/mol. The summed E-state index contributed by atoms with van der Waals surface area (Å²) in [4.78, 5) is 44.0. The van der Waals surface area contributed by atoms with Crippen LogP contribution in [0.1, 0.15) is 31.1 Å². The van der Waals surface area contributed by atoms with Crippen molar-refractivity contribution >= 4 is 38.5 Å². The van der Waals surface area contributed by atoms with Gasteiger partial charge in [0.05, 0.1) is 13.2 Å². The number of carbonyl (C=O) groups excluding carboxylic acids is 3. The van der Waals surface area contributed by atoms with Gasteiger partial charge in [-0.1, -0.05) is 24.3 Å². The second kappa shape index (κ2) is 10.9. The van der Waals surface area contributed by atoms with Crippen molar-refractivity contribution < 1.29 is 31.9 Å².